The van der Waals surface area contributed by atoms with E-state index in [4.69, 9.17) is 0 Å². The molecule has 6 nitrogen and oxygen atoms in total. The zero-order valence-electron chi connectivity index (χ0n) is 20.6. The third-order valence-corrected chi connectivity index (χ3v) is 7.65. The van der Waals surface area contributed by atoms with Crippen molar-refractivity contribution in [2.75, 3.05) is 24.5 Å². The molecule has 3 aliphatic rings. The average molecular weight is 543 g/mol. The van der Waals surface area contributed by atoms with E-state index in [0.29, 0.717) is 37.8 Å². The Labute approximate surface area is 215 Å². The molecule has 1 amide bonds. The number of hydrogen-bond donors (Lipinski definition) is 0. The highest BCUT2D eigenvalue weighted by molar-refractivity contribution is 6.03. The maximum Gasteiger partial charge on any atom is 0.418 e. The summed E-state index contributed by atoms with van der Waals surface area (Å²) in [4.78, 5) is 28.5. The van der Waals surface area contributed by atoms with E-state index in [1.54, 1.807) is 9.58 Å². The number of anilines is 1. The summed E-state index contributed by atoms with van der Waals surface area (Å²) in [5.41, 5.74) is 0.382. The minimum atomic E-state index is -4.56. The summed E-state index contributed by atoms with van der Waals surface area (Å²) in [6, 6.07) is 4.37. The molecule has 3 heterocycles. The molecule has 1 atom stereocenters. The third kappa shape index (κ3) is 5.40. The van der Waals surface area contributed by atoms with E-state index in [-0.39, 0.29) is 36.5 Å². The number of carbonyl (C=O) groups is 2. The smallest absolute Gasteiger partial charge is 0.361 e. The number of para-hydroxylation sites is 1. The first kappa shape index (κ1) is 26.6. The molecule has 12 heteroatoms. The summed E-state index contributed by atoms with van der Waals surface area (Å²) in [7, 11) is 0. The highest BCUT2D eigenvalue weighted by Crippen LogP contribution is 2.45. The lowest BCUT2D eigenvalue weighted by molar-refractivity contribution is -0.162. The quantitative estimate of drug-likeness (QED) is 0.345. The van der Waals surface area contributed by atoms with Crippen LogP contribution in [0.4, 0.5) is 32.0 Å². The minimum absolute atomic E-state index is 0.00731. The van der Waals surface area contributed by atoms with Gasteiger partial charge in [-0.05, 0) is 50.7 Å². The van der Waals surface area contributed by atoms with E-state index in [2.05, 4.69) is 5.10 Å². The van der Waals surface area contributed by atoms with E-state index < -0.39 is 36.3 Å². The molecule has 5 rings (SSSR count). The van der Waals surface area contributed by atoms with Crippen molar-refractivity contribution in [2.24, 2.45) is 0 Å². The normalized spacial score (nSPS) is 21.3. The minimum Gasteiger partial charge on any atom is -0.361 e. The second-order valence-electron chi connectivity index (χ2n) is 10.3. The van der Waals surface area contributed by atoms with Gasteiger partial charge >= 0.3 is 12.4 Å². The van der Waals surface area contributed by atoms with E-state index in [1.165, 1.54) is 29.3 Å². The van der Waals surface area contributed by atoms with Crippen LogP contribution in [0.3, 0.4) is 0 Å². The molecule has 2 aromatic rings. The van der Waals surface area contributed by atoms with Gasteiger partial charge in [0.15, 0.2) is 5.78 Å². The second-order valence-corrected chi connectivity index (χ2v) is 10.3. The van der Waals surface area contributed by atoms with Crippen LogP contribution in [0.2, 0.25) is 0 Å². The first-order valence-corrected chi connectivity index (χ1v) is 12.8. The monoisotopic (exact) mass is 542 g/mol. The number of Topliss-reactive ketones (excluding diaryl/α,β-unsaturated/α-hetero) is 1. The summed E-state index contributed by atoms with van der Waals surface area (Å²) in [5, 5.41) is 4.49. The van der Waals surface area contributed by atoms with Gasteiger partial charge in [0.25, 0.3) is 0 Å². The summed E-state index contributed by atoms with van der Waals surface area (Å²) in [6.45, 7) is 0.662. The summed E-state index contributed by atoms with van der Waals surface area (Å²) in [6.07, 6.45) is -5.54. The number of nitrogens with zero attached hydrogens (tertiary/aromatic N) is 4. The number of alkyl halides is 6. The molecule has 1 unspecified atom stereocenters. The highest BCUT2D eigenvalue weighted by atomic mass is 19.4. The number of hydrogen-bond acceptors (Lipinski definition) is 4. The lowest BCUT2D eigenvalue weighted by atomic mass is 9.98. The molecule has 3 fully saturated rings. The van der Waals surface area contributed by atoms with Crippen LogP contribution in [0.15, 0.2) is 30.5 Å². The predicted molar refractivity (Wildman–Crippen MR) is 126 cm³/mol. The molecule has 1 aromatic heterocycles. The van der Waals surface area contributed by atoms with Gasteiger partial charge in [0.05, 0.1) is 35.1 Å². The van der Waals surface area contributed by atoms with Crippen LogP contribution in [0, 0.1) is 0 Å². The second kappa shape index (κ2) is 9.92. The molecule has 0 bridgehead atoms. The van der Waals surface area contributed by atoms with Crippen molar-refractivity contribution in [2.45, 2.75) is 75.3 Å². The Balaban J connectivity index is 1.36. The van der Waals surface area contributed by atoms with Gasteiger partial charge < -0.3 is 9.80 Å². The molecule has 1 aromatic carbocycles. The Bertz CT molecular complexity index is 1200. The summed E-state index contributed by atoms with van der Waals surface area (Å²) < 4.78 is 80.7. The lowest BCUT2D eigenvalue weighted by Gasteiger charge is -2.33. The Hall–Kier alpha value is -3.05. The fraction of sp³-hybridized carbons (Fsp3) is 0.577. The number of piperidine rings is 1. The van der Waals surface area contributed by atoms with Crippen LogP contribution < -0.4 is 4.90 Å². The van der Waals surface area contributed by atoms with Crippen LogP contribution in [-0.4, -0.2) is 58.2 Å². The SMILES string of the molecule is O=C(c1cnn(C2CCN(C(=O)CC(F)(F)F)CC2)c1C1CC1)C1CCCN1c1ccccc1C(F)(F)F. The number of halogens is 6. The van der Waals surface area contributed by atoms with Gasteiger partial charge in [-0.2, -0.15) is 31.4 Å². The van der Waals surface area contributed by atoms with Crippen molar-refractivity contribution in [3.63, 3.8) is 0 Å². The standard InChI is InChI=1S/C26H28F6N4O2/c27-25(28,29)14-22(37)34-12-9-17(10-13-34)36-23(16-7-8-16)18(15-33-36)24(38)21-6-3-11-35(21)20-5-2-1-4-19(20)26(30,31)32/h1-2,4-5,15-17,21H,3,6-14H2. The van der Waals surface area contributed by atoms with Crippen molar-refractivity contribution >= 4 is 17.4 Å². The van der Waals surface area contributed by atoms with Crippen LogP contribution in [0.25, 0.3) is 0 Å². The Kier molecular flexibility index (Phi) is 6.93. The molecular formula is C26H28F6N4O2. The fourth-order valence-electron chi connectivity index (χ4n) is 5.73. The number of aromatic nitrogens is 2. The number of likely N-dealkylation sites (tertiary alicyclic amines) is 1. The fourth-order valence-corrected chi connectivity index (χ4v) is 5.73. The third-order valence-electron chi connectivity index (χ3n) is 7.65. The molecule has 2 aliphatic heterocycles. The molecule has 38 heavy (non-hydrogen) atoms. The number of benzene rings is 1. The molecule has 206 valence electrons. The van der Waals surface area contributed by atoms with Gasteiger partial charge in [0.1, 0.15) is 6.42 Å². The average Bonchev–Trinajstić information content (AvgIpc) is 3.40. The van der Waals surface area contributed by atoms with Crippen molar-refractivity contribution in [1.82, 2.24) is 14.7 Å². The van der Waals surface area contributed by atoms with Crippen molar-refractivity contribution in [3.8, 4) is 0 Å². The molecule has 1 aliphatic carbocycles. The highest BCUT2D eigenvalue weighted by Gasteiger charge is 2.42. The van der Waals surface area contributed by atoms with Gasteiger partial charge in [-0.15, -0.1) is 0 Å². The predicted octanol–water partition coefficient (Wildman–Crippen LogP) is 5.75. The van der Waals surface area contributed by atoms with Gasteiger partial charge in [0.2, 0.25) is 5.91 Å². The van der Waals surface area contributed by atoms with E-state index >= 15 is 0 Å². The maximum absolute atomic E-state index is 13.8. The van der Waals surface area contributed by atoms with E-state index in [1.807, 2.05) is 0 Å². The first-order chi connectivity index (χ1) is 17.9. The van der Waals surface area contributed by atoms with Crippen molar-refractivity contribution in [3.05, 3.63) is 47.3 Å². The van der Waals surface area contributed by atoms with Crippen LogP contribution >= 0.6 is 0 Å². The van der Waals surface area contributed by atoms with Crippen LogP contribution in [0.1, 0.15) is 78.5 Å². The molecule has 0 N–H and O–H groups in total. The molecular weight excluding hydrogens is 514 g/mol. The molecule has 2 saturated heterocycles. The Morgan fingerprint density at radius 1 is 0.921 bits per heavy atom. The largest absolute Gasteiger partial charge is 0.418 e. The maximum atomic E-state index is 13.8. The number of carbonyl (C=O) groups excluding carboxylic acids is 2. The zero-order chi connectivity index (χ0) is 27.2. The molecule has 1 saturated carbocycles. The van der Waals surface area contributed by atoms with Gasteiger partial charge in [-0.3, -0.25) is 14.3 Å². The van der Waals surface area contributed by atoms with E-state index in [9.17, 15) is 35.9 Å². The van der Waals surface area contributed by atoms with Crippen LogP contribution in [0.5, 0.6) is 0 Å². The van der Waals surface area contributed by atoms with E-state index in [0.717, 1.165) is 24.6 Å². The van der Waals surface area contributed by atoms with Gasteiger partial charge in [-0.25, -0.2) is 0 Å². The van der Waals surface area contributed by atoms with Crippen molar-refractivity contribution in [1.29, 1.82) is 0 Å². The first-order valence-electron chi connectivity index (χ1n) is 12.8. The number of amides is 1. The Morgan fingerprint density at radius 2 is 1.61 bits per heavy atom. The van der Waals surface area contributed by atoms with Crippen molar-refractivity contribution < 1.29 is 35.9 Å². The van der Waals surface area contributed by atoms with Gasteiger partial charge in [0, 0.05) is 31.2 Å². The topological polar surface area (TPSA) is 58.4 Å². The molecule has 0 radical (unpaired) electrons. The zero-order valence-corrected chi connectivity index (χ0v) is 20.6. The summed E-state index contributed by atoms with van der Waals surface area (Å²) in [5.74, 6) is -1.10. The van der Waals surface area contributed by atoms with Gasteiger partial charge in [-0.1, -0.05) is 12.1 Å². The lowest BCUT2D eigenvalue weighted by Crippen LogP contribution is -2.41. The van der Waals surface area contributed by atoms with Crippen LogP contribution in [-0.2, 0) is 11.0 Å². The molecule has 0 spiro atoms. The summed E-state index contributed by atoms with van der Waals surface area (Å²) >= 11 is 0. The Morgan fingerprint density at radius 3 is 2.24 bits per heavy atom. The number of rotatable bonds is 6. The number of ketones is 1.